The van der Waals surface area contributed by atoms with Crippen molar-refractivity contribution in [3.8, 4) is 0 Å². The molecule has 1 atom stereocenters. The highest BCUT2D eigenvalue weighted by Crippen LogP contribution is 2.27. The van der Waals surface area contributed by atoms with Crippen LogP contribution in [0.4, 0.5) is 10.5 Å². The third-order valence-corrected chi connectivity index (χ3v) is 5.79. The molecule has 0 bridgehead atoms. The summed E-state index contributed by atoms with van der Waals surface area (Å²) in [6.45, 7) is 1.58. The van der Waals surface area contributed by atoms with Crippen molar-refractivity contribution in [2.24, 2.45) is 0 Å². The third-order valence-electron chi connectivity index (χ3n) is 5.27. The summed E-state index contributed by atoms with van der Waals surface area (Å²) in [6, 6.07) is 19.5. The minimum Gasteiger partial charge on any atom is -0.322 e. The number of rotatable bonds is 5. The van der Waals surface area contributed by atoms with Crippen molar-refractivity contribution in [1.29, 1.82) is 0 Å². The molecule has 32 heavy (non-hydrogen) atoms. The van der Waals surface area contributed by atoms with Gasteiger partial charge in [0.25, 0.3) is 11.8 Å². The maximum Gasteiger partial charge on any atom is 0.322 e. The van der Waals surface area contributed by atoms with E-state index in [0.717, 1.165) is 4.47 Å². The minimum absolute atomic E-state index is 0.226. The molecule has 0 aromatic heterocycles. The average molecular weight is 492 g/mol. The first-order chi connectivity index (χ1) is 15.3. The number of carbonyl (C=O) groups is 4. The number of nitrogens with one attached hydrogen (secondary N) is 3. The van der Waals surface area contributed by atoms with Gasteiger partial charge in [-0.25, -0.2) is 4.79 Å². The smallest absolute Gasteiger partial charge is 0.322 e. The van der Waals surface area contributed by atoms with E-state index >= 15 is 0 Å². The van der Waals surface area contributed by atoms with Crippen LogP contribution in [0.25, 0.3) is 0 Å². The lowest BCUT2D eigenvalue weighted by Gasteiger charge is -2.21. The van der Waals surface area contributed by atoms with Gasteiger partial charge in [-0.2, -0.15) is 0 Å². The van der Waals surface area contributed by atoms with Crippen molar-refractivity contribution >= 4 is 45.2 Å². The van der Waals surface area contributed by atoms with Gasteiger partial charge in [-0.1, -0.05) is 46.3 Å². The van der Waals surface area contributed by atoms with Gasteiger partial charge in [0.15, 0.2) is 5.78 Å². The number of halogens is 1. The van der Waals surface area contributed by atoms with Crippen molar-refractivity contribution in [3.63, 3.8) is 0 Å². The van der Waals surface area contributed by atoms with Crippen molar-refractivity contribution in [2.75, 3.05) is 5.32 Å². The summed E-state index contributed by atoms with van der Waals surface area (Å²) in [4.78, 5) is 49.8. The van der Waals surface area contributed by atoms with Gasteiger partial charge in [-0.15, -0.1) is 0 Å². The Kier molecular flexibility index (Phi) is 5.63. The van der Waals surface area contributed by atoms with Crippen molar-refractivity contribution in [3.05, 3.63) is 99.5 Å². The first kappa shape index (κ1) is 21.5. The first-order valence-electron chi connectivity index (χ1n) is 9.73. The van der Waals surface area contributed by atoms with Crippen LogP contribution in [0.1, 0.15) is 38.8 Å². The molecule has 3 aromatic carbocycles. The second-order valence-corrected chi connectivity index (χ2v) is 8.37. The molecule has 7 nitrogen and oxygen atoms in total. The second kappa shape index (κ2) is 8.39. The maximum absolute atomic E-state index is 13.0. The maximum atomic E-state index is 13.0. The molecule has 0 aliphatic carbocycles. The summed E-state index contributed by atoms with van der Waals surface area (Å²) in [6.07, 6.45) is 0. The molecular formula is C24H18BrN3O4. The predicted octanol–water partition coefficient (Wildman–Crippen LogP) is 3.99. The summed E-state index contributed by atoms with van der Waals surface area (Å²) < 4.78 is 0.848. The quantitative estimate of drug-likeness (QED) is 0.370. The minimum atomic E-state index is -1.24. The van der Waals surface area contributed by atoms with Crippen molar-refractivity contribution in [1.82, 2.24) is 10.6 Å². The van der Waals surface area contributed by atoms with Gasteiger partial charge in [0, 0.05) is 21.3 Å². The van der Waals surface area contributed by atoms with Gasteiger partial charge in [-0.05, 0) is 55.0 Å². The number of ketones is 1. The lowest BCUT2D eigenvalue weighted by molar-refractivity contribution is -0.123. The predicted molar refractivity (Wildman–Crippen MR) is 122 cm³/mol. The van der Waals surface area contributed by atoms with E-state index in [9.17, 15) is 19.2 Å². The Morgan fingerprint density at radius 1 is 0.906 bits per heavy atom. The van der Waals surface area contributed by atoms with Gasteiger partial charge in [0.1, 0.15) is 5.54 Å². The summed E-state index contributed by atoms with van der Waals surface area (Å²) in [5.74, 6) is -1.21. The van der Waals surface area contributed by atoms with Gasteiger partial charge >= 0.3 is 6.03 Å². The van der Waals surface area contributed by atoms with Crippen molar-refractivity contribution in [2.45, 2.75) is 12.5 Å². The Morgan fingerprint density at radius 3 is 2.25 bits per heavy atom. The Balaban J connectivity index is 1.61. The number of hydrogen-bond acceptors (Lipinski definition) is 4. The zero-order chi connectivity index (χ0) is 22.9. The van der Waals surface area contributed by atoms with Crippen LogP contribution in [0.2, 0.25) is 0 Å². The van der Waals surface area contributed by atoms with Crippen LogP contribution in [-0.4, -0.2) is 23.6 Å². The number of benzene rings is 3. The Labute approximate surface area is 192 Å². The SMILES string of the molecule is CC1(c2cccc(NC(=O)c3ccccc3C(=O)c3ccc(Br)cc3)c2)NC(=O)NC1=O. The van der Waals surface area contributed by atoms with E-state index in [4.69, 9.17) is 0 Å². The van der Waals surface area contributed by atoms with E-state index in [-0.39, 0.29) is 16.9 Å². The van der Waals surface area contributed by atoms with E-state index in [1.54, 1.807) is 79.7 Å². The molecule has 1 aliphatic rings. The number of urea groups is 1. The molecule has 1 aliphatic heterocycles. The molecule has 4 amide bonds. The fourth-order valence-corrected chi connectivity index (χ4v) is 3.75. The van der Waals surface area contributed by atoms with Crippen LogP contribution in [0.5, 0.6) is 0 Å². The van der Waals surface area contributed by atoms with Crippen LogP contribution >= 0.6 is 15.9 Å². The van der Waals surface area contributed by atoms with E-state index in [0.29, 0.717) is 16.8 Å². The van der Waals surface area contributed by atoms with Crippen molar-refractivity contribution < 1.29 is 19.2 Å². The number of anilines is 1. The van der Waals surface area contributed by atoms with Gasteiger partial charge in [0.2, 0.25) is 0 Å². The Morgan fingerprint density at radius 2 is 1.59 bits per heavy atom. The Bertz CT molecular complexity index is 1260. The molecule has 3 aromatic rings. The molecular weight excluding hydrogens is 474 g/mol. The first-order valence-corrected chi connectivity index (χ1v) is 10.5. The summed E-state index contributed by atoms with van der Waals surface area (Å²) >= 11 is 3.34. The summed E-state index contributed by atoms with van der Waals surface area (Å²) in [5, 5.41) is 7.59. The Hall–Kier alpha value is -3.78. The van der Waals surface area contributed by atoms with Gasteiger partial charge < -0.3 is 10.6 Å². The molecule has 1 unspecified atom stereocenters. The fourth-order valence-electron chi connectivity index (χ4n) is 3.49. The molecule has 8 heteroatoms. The molecule has 3 N–H and O–H groups in total. The average Bonchev–Trinajstić information content (AvgIpc) is 3.06. The van der Waals surface area contributed by atoms with Crippen LogP contribution < -0.4 is 16.0 Å². The van der Waals surface area contributed by atoms with Crippen LogP contribution in [0.15, 0.2) is 77.3 Å². The van der Waals surface area contributed by atoms with Crippen LogP contribution in [0.3, 0.4) is 0 Å². The molecule has 4 rings (SSSR count). The molecule has 0 spiro atoms. The van der Waals surface area contributed by atoms with Crippen LogP contribution in [-0.2, 0) is 10.3 Å². The fraction of sp³-hybridized carbons (Fsp3) is 0.0833. The third kappa shape index (κ3) is 4.04. The molecule has 160 valence electrons. The largest absolute Gasteiger partial charge is 0.322 e. The lowest BCUT2D eigenvalue weighted by Crippen LogP contribution is -2.40. The summed E-state index contributed by atoms with van der Waals surface area (Å²) in [7, 11) is 0. The van der Waals surface area contributed by atoms with Gasteiger partial charge in [-0.3, -0.25) is 19.7 Å². The number of amides is 4. The van der Waals surface area contributed by atoms with Crippen LogP contribution in [0, 0.1) is 0 Å². The van der Waals surface area contributed by atoms with E-state index in [2.05, 4.69) is 31.9 Å². The highest BCUT2D eigenvalue weighted by atomic mass is 79.9. The number of hydrogen-bond donors (Lipinski definition) is 3. The highest BCUT2D eigenvalue weighted by Gasteiger charge is 2.43. The summed E-state index contributed by atoms with van der Waals surface area (Å²) in [5.41, 5.74) is 0.660. The lowest BCUT2D eigenvalue weighted by atomic mass is 9.92. The zero-order valence-corrected chi connectivity index (χ0v) is 18.5. The standard InChI is InChI=1S/C24H18BrN3O4/c1-24(22(31)27-23(32)28-24)15-5-4-6-17(13-15)26-21(30)19-8-3-2-7-18(19)20(29)14-9-11-16(25)12-10-14/h2-13H,1H3,(H,26,30)(H2,27,28,31,32). The van der Waals surface area contributed by atoms with E-state index < -0.39 is 23.4 Å². The molecule has 0 radical (unpaired) electrons. The molecule has 1 heterocycles. The number of carbonyl (C=O) groups excluding carboxylic acids is 4. The molecule has 0 saturated carbocycles. The topological polar surface area (TPSA) is 104 Å². The normalized spacial score (nSPS) is 17.4. The van der Waals surface area contributed by atoms with E-state index in [1.807, 2.05) is 0 Å². The zero-order valence-electron chi connectivity index (χ0n) is 16.9. The van der Waals surface area contributed by atoms with Gasteiger partial charge in [0.05, 0.1) is 5.56 Å². The highest BCUT2D eigenvalue weighted by molar-refractivity contribution is 9.10. The monoisotopic (exact) mass is 491 g/mol. The second-order valence-electron chi connectivity index (χ2n) is 7.45. The molecule has 1 saturated heterocycles. The van der Waals surface area contributed by atoms with E-state index in [1.165, 1.54) is 0 Å². The number of imide groups is 1. The molecule has 1 fully saturated rings.